The fourth-order valence-corrected chi connectivity index (χ4v) is 4.73. The number of nitrogens with one attached hydrogen (secondary N) is 1. The van der Waals surface area contributed by atoms with Gasteiger partial charge in [0.05, 0.1) is 16.8 Å². The Morgan fingerprint density at radius 1 is 1.03 bits per heavy atom. The molecule has 8 nitrogen and oxygen atoms in total. The van der Waals surface area contributed by atoms with Crippen LogP contribution in [0.1, 0.15) is 40.9 Å². The molecule has 0 aliphatic heterocycles. The number of hydrogen-bond donors (Lipinski definition) is 1. The van der Waals surface area contributed by atoms with E-state index in [2.05, 4.69) is 40.8 Å². The van der Waals surface area contributed by atoms with Crippen LogP contribution in [0.4, 0.5) is 5.95 Å². The van der Waals surface area contributed by atoms with E-state index >= 15 is 0 Å². The number of aromatic nitrogens is 4. The molecule has 1 N–H and O–H groups in total. The summed E-state index contributed by atoms with van der Waals surface area (Å²) in [5.74, 6) is 1.48. The quantitative estimate of drug-likeness (QED) is 0.265. The second kappa shape index (κ2) is 11.5. The molecule has 2 aromatic heterocycles. The van der Waals surface area contributed by atoms with Crippen LogP contribution in [0.25, 0.3) is 11.3 Å². The summed E-state index contributed by atoms with van der Waals surface area (Å²) in [4.78, 5) is 24.9. The van der Waals surface area contributed by atoms with Gasteiger partial charge in [-0.25, -0.2) is 4.98 Å². The summed E-state index contributed by atoms with van der Waals surface area (Å²) >= 11 is 1.38. The van der Waals surface area contributed by atoms with E-state index in [4.69, 9.17) is 9.72 Å². The molecule has 0 spiro atoms. The van der Waals surface area contributed by atoms with Crippen LogP contribution in [-0.4, -0.2) is 43.6 Å². The highest BCUT2D eigenvalue weighted by Crippen LogP contribution is 2.32. The number of amides is 1. The maximum Gasteiger partial charge on any atom is 0.253 e. The molecule has 2 heterocycles. The standard InChI is InChI=1S/C28H32N6O2S/c1-7-34(8-2)27(35)21-12-13-24(20(5)14-21)36-25-15-23(26-18(3)10-9-11-19(26)4)30-28(31-25)32-37-22-16-29-33(6)17-22/h9-17H,7-8H2,1-6H3,(H,30,31,32). The Hall–Kier alpha value is -3.85. The summed E-state index contributed by atoms with van der Waals surface area (Å²) in [5, 5.41) is 4.20. The van der Waals surface area contributed by atoms with Gasteiger partial charge >= 0.3 is 0 Å². The number of hydrogen-bond acceptors (Lipinski definition) is 7. The molecular weight excluding hydrogens is 484 g/mol. The largest absolute Gasteiger partial charge is 0.439 e. The van der Waals surface area contributed by atoms with Gasteiger partial charge in [0.15, 0.2) is 0 Å². The zero-order valence-electron chi connectivity index (χ0n) is 22.1. The van der Waals surface area contributed by atoms with Gasteiger partial charge in [0.25, 0.3) is 5.91 Å². The predicted molar refractivity (Wildman–Crippen MR) is 148 cm³/mol. The summed E-state index contributed by atoms with van der Waals surface area (Å²) in [7, 11) is 1.87. The van der Waals surface area contributed by atoms with Gasteiger partial charge in [-0.3, -0.25) is 14.2 Å². The molecule has 4 aromatic rings. The highest BCUT2D eigenvalue weighted by atomic mass is 32.2. The Labute approximate surface area is 222 Å². The number of anilines is 1. The molecule has 4 rings (SSSR count). The summed E-state index contributed by atoms with van der Waals surface area (Å²) in [6.07, 6.45) is 3.68. The molecule has 0 atom stereocenters. The van der Waals surface area contributed by atoms with Gasteiger partial charge in [-0.15, -0.1) is 0 Å². The van der Waals surface area contributed by atoms with Gasteiger partial charge in [0.2, 0.25) is 11.8 Å². The van der Waals surface area contributed by atoms with Crippen LogP contribution in [0.2, 0.25) is 0 Å². The maximum atomic E-state index is 12.8. The molecule has 0 aliphatic rings. The molecule has 37 heavy (non-hydrogen) atoms. The SMILES string of the molecule is CCN(CC)C(=O)c1ccc(Oc2cc(-c3c(C)cccc3C)nc(NSc3cnn(C)c3)n2)c(C)c1. The molecule has 0 saturated heterocycles. The van der Waals surface area contributed by atoms with Crippen LogP contribution in [-0.2, 0) is 7.05 Å². The molecule has 192 valence electrons. The van der Waals surface area contributed by atoms with E-state index in [1.54, 1.807) is 21.8 Å². The Bertz CT molecular complexity index is 1390. The fraction of sp³-hybridized carbons (Fsp3) is 0.286. The minimum Gasteiger partial charge on any atom is -0.439 e. The first-order valence-corrected chi connectivity index (χ1v) is 13.1. The van der Waals surface area contributed by atoms with Gasteiger partial charge < -0.3 is 9.64 Å². The second-order valence-corrected chi connectivity index (χ2v) is 9.68. The number of nitrogens with zero attached hydrogens (tertiary/aromatic N) is 5. The van der Waals surface area contributed by atoms with Crippen molar-refractivity contribution >= 4 is 23.8 Å². The van der Waals surface area contributed by atoms with E-state index in [9.17, 15) is 4.79 Å². The van der Waals surface area contributed by atoms with Crippen LogP contribution in [0.15, 0.2) is 59.8 Å². The van der Waals surface area contributed by atoms with E-state index in [1.165, 1.54) is 11.9 Å². The minimum atomic E-state index is 0.0120. The average molecular weight is 517 g/mol. The smallest absolute Gasteiger partial charge is 0.253 e. The van der Waals surface area contributed by atoms with Crippen molar-refractivity contribution in [3.05, 3.63) is 77.1 Å². The van der Waals surface area contributed by atoms with Crippen molar-refractivity contribution in [1.82, 2.24) is 24.6 Å². The van der Waals surface area contributed by atoms with Gasteiger partial charge in [-0.2, -0.15) is 10.1 Å². The van der Waals surface area contributed by atoms with Crippen LogP contribution < -0.4 is 9.46 Å². The van der Waals surface area contributed by atoms with Crippen LogP contribution >= 0.6 is 11.9 Å². The van der Waals surface area contributed by atoms with Gasteiger partial charge in [-0.05, 0) is 81.5 Å². The lowest BCUT2D eigenvalue weighted by atomic mass is 10.00. The molecule has 9 heteroatoms. The van der Waals surface area contributed by atoms with Gasteiger partial charge in [-0.1, -0.05) is 18.2 Å². The zero-order valence-corrected chi connectivity index (χ0v) is 22.9. The molecule has 0 saturated carbocycles. The molecule has 0 fully saturated rings. The molecule has 0 unspecified atom stereocenters. The van der Waals surface area contributed by atoms with Crippen molar-refractivity contribution in [2.75, 3.05) is 17.8 Å². The summed E-state index contributed by atoms with van der Waals surface area (Å²) in [6.45, 7) is 11.4. The molecule has 1 amide bonds. The topological polar surface area (TPSA) is 85.2 Å². The Morgan fingerprint density at radius 3 is 2.38 bits per heavy atom. The van der Waals surface area contributed by atoms with E-state index in [1.807, 2.05) is 58.3 Å². The summed E-state index contributed by atoms with van der Waals surface area (Å²) in [5.41, 5.74) is 5.53. The third kappa shape index (κ3) is 6.11. The van der Waals surface area contributed by atoms with Crippen molar-refractivity contribution in [2.45, 2.75) is 39.5 Å². The molecule has 0 bridgehead atoms. The highest BCUT2D eigenvalue weighted by Gasteiger charge is 2.16. The van der Waals surface area contributed by atoms with Crippen molar-refractivity contribution in [3.8, 4) is 22.9 Å². The lowest BCUT2D eigenvalue weighted by Gasteiger charge is -2.19. The third-order valence-electron chi connectivity index (χ3n) is 6.07. The first-order chi connectivity index (χ1) is 17.8. The first kappa shape index (κ1) is 26.2. The van der Waals surface area contributed by atoms with Crippen LogP contribution in [0, 0.1) is 20.8 Å². The lowest BCUT2D eigenvalue weighted by molar-refractivity contribution is 0.0773. The second-order valence-electron chi connectivity index (χ2n) is 8.80. The summed E-state index contributed by atoms with van der Waals surface area (Å²) in [6, 6.07) is 13.5. The normalized spacial score (nSPS) is 10.9. The van der Waals surface area contributed by atoms with Crippen LogP contribution in [0.3, 0.4) is 0 Å². The van der Waals surface area contributed by atoms with Gasteiger partial charge in [0, 0.05) is 43.5 Å². The van der Waals surface area contributed by atoms with E-state index in [0.29, 0.717) is 36.2 Å². The maximum absolute atomic E-state index is 12.8. The van der Waals surface area contributed by atoms with E-state index < -0.39 is 0 Å². The van der Waals surface area contributed by atoms with E-state index in [-0.39, 0.29) is 5.91 Å². The minimum absolute atomic E-state index is 0.0120. The number of ether oxygens (including phenoxy) is 1. The molecule has 0 aliphatic carbocycles. The number of aryl methyl sites for hydroxylation is 4. The fourth-order valence-electron chi connectivity index (χ4n) is 4.13. The van der Waals surface area contributed by atoms with Crippen molar-refractivity contribution in [1.29, 1.82) is 0 Å². The number of benzene rings is 2. The zero-order chi connectivity index (χ0) is 26.5. The van der Waals surface area contributed by atoms with Crippen LogP contribution in [0.5, 0.6) is 11.6 Å². The number of rotatable bonds is 9. The number of carbonyl (C=O) groups excluding carboxylic acids is 1. The molecule has 2 aromatic carbocycles. The Morgan fingerprint density at radius 2 is 1.76 bits per heavy atom. The van der Waals surface area contributed by atoms with Crippen molar-refractivity contribution in [3.63, 3.8) is 0 Å². The lowest BCUT2D eigenvalue weighted by Crippen LogP contribution is -2.30. The highest BCUT2D eigenvalue weighted by molar-refractivity contribution is 8.00. The predicted octanol–water partition coefficient (Wildman–Crippen LogP) is 6.20. The Balaban J connectivity index is 1.67. The van der Waals surface area contributed by atoms with Crippen molar-refractivity contribution < 1.29 is 9.53 Å². The van der Waals surface area contributed by atoms with E-state index in [0.717, 1.165) is 32.8 Å². The van der Waals surface area contributed by atoms with Crippen molar-refractivity contribution in [2.24, 2.45) is 7.05 Å². The number of carbonyl (C=O) groups is 1. The monoisotopic (exact) mass is 516 g/mol. The first-order valence-electron chi connectivity index (χ1n) is 12.2. The Kier molecular flexibility index (Phi) is 8.13. The third-order valence-corrected chi connectivity index (χ3v) is 6.80. The molecule has 0 radical (unpaired) electrons. The van der Waals surface area contributed by atoms with Gasteiger partial charge in [0.1, 0.15) is 5.75 Å². The average Bonchev–Trinajstić information content (AvgIpc) is 3.29. The molecular formula is C28H32N6O2S. The summed E-state index contributed by atoms with van der Waals surface area (Å²) < 4.78 is 11.2.